The predicted octanol–water partition coefficient (Wildman–Crippen LogP) is 0.501. The van der Waals surface area contributed by atoms with Gasteiger partial charge >= 0.3 is 0 Å². The van der Waals surface area contributed by atoms with Crippen LogP contribution in [0.15, 0.2) is 97.0 Å². The number of phenols is 1. The number of amides is 10. The maximum Gasteiger partial charge on any atom is 0.263 e. The number of fused-ring (bicyclic) bond motifs is 1. The molecular weight excluding hydrogens is 1450 g/mol. The van der Waals surface area contributed by atoms with E-state index in [1.165, 1.54) is 36.8 Å². The molecule has 19 N–H and O–H groups in total. The molecule has 8 rings (SSSR count). The summed E-state index contributed by atoms with van der Waals surface area (Å²) in [5, 5.41) is 46.7. The highest BCUT2D eigenvalue weighted by Gasteiger charge is 2.45. The number of halogens is 2. The molecule has 3 aliphatic rings. The molecular formula is C64H83I2N17O12. The van der Waals surface area contributed by atoms with Gasteiger partial charge in [0.2, 0.25) is 53.2 Å². The Morgan fingerprint density at radius 3 is 2.07 bits per heavy atom. The van der Waals surface area contributed by atoms with Crippen LogP contribution in [0.5, 0.6) is 5.75 Å². The topological polar surface area (TPSA) is 448 Å². The van der Waals surface area contributed by atoms with Crippen molar-refractivity contribution in [3.63, 3.8) is 0 Å². The van der Waals surface area contributed by atoms with E-state index in [1.54, 1.807) is 42.6 Å². The number of rotatable bonds is 33. The Bertz CT molecular complexity index is 3540. The molecule has 0 spiro atoms. The van der Waals surface area contributed by atoms with Crippen LogP contribution in [0.1, 0.15) is 94.1 Å². The molecule has 3 aromatic carbocycles. The van der Waals surface area contributed by atoms with Crippen molar-refractivity contribution in [3.05, 3.63) is 119 Å². The predicted molar refractivity (Wildman–Crippen MR) is 368 cm³/mol. The molecule has 29 nitrogen and oxygen atoms in total. The summed E-state index contributed by atoms with van der Waals surface area (Å²) in [6.07, 6.45) is 5.86. The lowest BCUT2D eigenvalue weighted by molar-refractivity contribution is -0.142. The lowest BCUT2D eigenvalue weighted by Gasteiger charge is -2.31. The summed E-state index contributed by atoms with van der Waals surface area (Å²) in [5.74, 6) is -7.91. The molecule has 2 aromatic heterocycles. The molecule has 31 heteroatoms. The minimum absolute atomic E-state index is 0.0266. The Morgan fingerprint density at radius 2 is 1.41 bits per heavy atom. The Kier molecular flexibility index (Phi) is 26.3. The fraction of sp³-hybridized carbons (Fsp3) is 0.453. The summed E-state index contributed by atoms with van der Waals surface area (Å²) in [4.78, 5) is 154. The minimum atomic E-state index is -1.78. The molecule has 5 aromatic rings. The number of aryl methyl sites for hydroxylation is 1. The van der Waals surface area contributed by atoms with E-state index in [0.717, 1.165) is 10.9 Å². The number of carbonyl (C=O) groups excluding carboxylic acids is 10. The van der Waals surface area contributed by atoms with Gasteiger partial charge in [0, 0.05) is 60.5 Å². The number of aliphatic hydroxyl groups is 1. The van der Waals surface area contributed by atoms with Gasteiger partial charge in [-0.1, -0.05) is 74.0 Å². The molecule has 2 saturated heterocycles. The Morgan fingerprint density at radius 1 is 0.758 bits per heavy atom. The standard InChI is InChI=1S/C64H83I2N17O12/c1-34(2)25-48(57(89)76-47(13-7-23-71-64(68)69)62(94)82-24-8-14-52(82)63(95)83(65)66)79-61(93)54(42-29-38(42)27-36-9-3-5-11-43(36)67)81-59(91)49(26-35-15-18-41(85)19-16-35)77-60(92)51(32-84)80-58(90)50(30-40-28-37-10-4-6-12-44(37)73-40)78-56(88)46(20-17-39-31-70-33-72-39)75-55(87)45-21-22-53(86)74-45/h3-6,9-12,15-16,18-19,27-28,31,33-34,42,45-52,54,64,71,73,84-85H,7-8,13-14,17,20-26,29-30,32,67-69H2,1-2H3,(H,70,72)(H,74,86)(H,75,87)(H,76,89)(H,77,92)(H,78,88)(H,79,93)(H,80,90)(H,81,91)/b38-27+/t42?,45-,46-,47-,48-,49-,50-,51?,52-,54+/m0/s1. The average molecular weight is 1540 g/mol. The highest BCUT2D eigenvalue weighted by molar-refractivity contribution is 14.2. The van der Waals surface area contributed by atoms with E-state index in [2.05, 4.69) is 62.8 Å². The zero-order valence-corrected chi connectivity index (χ0v) is 56.9. The number of carbonyl (C=O) groups is 10. The maximum atomic E-state index is 15.1. The van der Waals surface area contributed by atoms with Crippen molar-refractivity contribution in [2.24, 2.45) is 23.3 Å². The summed E-state index contributed by atoms with van der Waals surface area (Å²) >= 11 is 3.68. The summed E-state index contributed by atoms with van der Waals surface area (Å²) in [6, 6.07) is 10.3. The minimum Gasteiger partial charge on any atom is -0.508 e. The number of aromatic hydroxyl groups is 1. The molecule has 95 heavy (non-hydrogen) atoms. The van der Waals surface area contributed by atoms with E-state index in [-0.39, 0.29) is 94.4 Å². The number of aliphatic hydroxyl groups excluding tert-OH is 1. The molecule has 3 fully saturated rings. The Balaban J connectivity index is 1.05. The second-order valence-corrected chi connectivity index (χ2v) is 28.2. The van der Waals surface area contributed by atoms with Crippen molar-refractivity contribution < 1.29 is 58.2 Å². The normalized spacial score (nSPS) is 18.6. The number of imidazole rings is 1. The summed E-state index contributed by atoms with van der Waals surface area (Å²) in [6.45, 7) is 3.21. The van der Waals surface area contributed by atoms with Crippen LogP contribution in [0.4, 0.5) is 5.69 Å². The quantitative estimate of drug-likeness (QED) is 0.00894. The van der Waals surface area contributed by atoms with Gasteiger partial charge < -0.3 is 84.8 Å². The third-order valence-electron chi connectivity index (χ3n) is 16.8. The SMILES string of the molecule is CC(C)C[C@H](NC(=O)[C@H](NC(=O)[C@H](Cc1ccc(O)cc1)NC(=O)C(CO)NC(=O)[C@H](Cc1cc2ccccc2[nH]1)NC(=O)[C@H](CCc1cnc[nH]1)NC(=O)[C@@H]1CCC(=O)N1)C1C/C1=C\c1ccccc1N)C(=O)N[C@@H](CCCNC(N)N)C(=O)N1CCC[C@H]1C(=O)N(I)I. The van der Waals surface area contributed by atoms with Crippen molar-refractivity contribution in [1.29, 1.82) is 0 Å². The number of hydrogen-bond donors (Lipinski definition) is 16. The van der Waals surface area contributed by atoms with Crippen LogP contribution < -0.4 is 65.1 Å². The molecule has 2 unspecified atom stereocenters. The van der Waals surface area contributed by atoms with Gasteiger partial charge in [0.05, 0.1) is 58.7 Å². The molecule has 10 atom stereocenters. The summed E-state index contributed by atoms with van der Waals surface area (Å²) in [5.41, 5.74) is 21.9. The second-order valence-electron chi connectivity index (χ2n) is 24.4. The first-order valence-electron chi connectivity index (χ1n) is 31.5. The van der Waals surface area contributed by atoms with Gasteiger partial charge in [-0.05, 0) is 117 Å². The van der Waals surface area contributed by atoms with Crippen molar-refractivity contribution in [2.75, 3.05) is 25.4 Å². The highest BCUT2D eigenvalue weighted by Crippen LogP contribution is 2.43. The van der Waals surface area contributed by atoms with Crippen molar-refractivity contribution in [3.8, 4) is 5.75 Å². The monoisotopic (exact) mass is 1540 g/mol. The van der Waals surface area contributed by atoms with E-state index in [9.17, 15) is 48.6 Å². The van der Waals surface area contributed by atoms with E-state index in [4.69, 9.17) is 17.2 Å². The van der Waals surface area contributed by atoms with Gasteiger partial charge in [-0.3, -0.25) is 53.3 Å². The number of nitrogens with zero attached hydrogens (tertiary/aromatic N) is 3. The Hall–Kier alpha value is -8.25. The third kappa shape index (κ3) is 20.9. The summed E-state index contributed by atoms with van der Waals surface area (Å²) < 4.78 is 1.35. The first-order chi connectivity index (χ1) is 45.4. The average Bonchev–Trinajstić information content (AvgIpc) is 1.65. The first kappa shape index (κ1) is 72.6. The van der Waals surface area contributed by atoms with Gasteiger partial charge in [-0.25, -0.2) is 6.31 Å². The fourth-order valence-corrected chi connectivity index (χ4v) is 12.3. The number of aromatic nitrogens is 3. The van der Waals surface area contributed by atoms with Gasteiger partial charge in [0.1, 0.15) is 66.4 Å². The van der Waals surface area contributed by atoms with Crippen molar-refractivity contribution in [2.45, 2.75) is 152 Å². The van der Waals surface area contributed by atoms with Crippen LogP contribution in [-0.2, 0) is 67.2 Å². The number of nitrogen functional groups attached to an aromatic ring is 1. The number of hydrogen-bond acceptors (Lipinski definition) is 17. The van der Waals surface area contributed by atoms with Crippen LogP contribution >= 0.6 is 45.7 Å². The van der Waals surface area contributed by atoms with Gasteiger partial charge in [-0.15, -0.1) is 0 Å². The zero-order chi connectivity index (χ0) is 68.5. The van der Waals surface area contributed by atoms with E-state index < -0.39 is 120 Å². The van der Waals surface area contributed by atoms with Gasteiger partial charge in [0.25, 0.3) is 5.91 Å². The number of nitrogens with two attached hydrogens (primary N) is 3. The zero-order valence-electron chi connectivity index (χ0n) is 52.6. The number of nitrogens with one attached hydrogen (secondary N) is 11. The molecule has 1 saturated carbocycles. The first-order valence-corrected chi connectivity index (χ1v) is 33.5. The van der Waals surface area contributed by atoms with Crippen LogP contribution in [0.25, 0.3) is 17.0 Å². The number of aromatic amines is 2. The fourth-order valence-electron chi connectivity index (χ4n) is 11.6. The largest absolute Gasteiger partial charge is 0.508 e. The van der Waals surface area contributed by atoms with E-state index >= 15 is 9.59 Å². The van der Waals surface area contributed by atoms with Gasteiger partial charge in [0.15, 0.2) is 0 Å². The number of likely N-dealkylation sites (tertiary alicyclic amines) is 1. The van der Waals surface area contributed by atoms with E-state index in [1.807, 2.05) is 83.8 Å². The van der Waals surface area contributed by atoms with Crippen LogP contribution in [0, 0.1) is 11.8 Å². The summed E-state index contributed by atoms with van der Waals surface area (Å²) in [7, 11) is 0. The lowest BCUT2D eigenvalue weighted by atomic mass is 10.00. The molecule has 10 amide bonds. The maximum absolute atomic E-state index is 15.1. The third-order valence-corrected chi connectivity index (χ3v) is 17.7. The second kappa shape index (κ2) is 34.4. The molecule has 0 radical (unpaired) electrons. The van der Waals surface area contributed by atoms with Crippen molar-refractivity contribution >= 4 is 127 Å². The molecule has 4 heterocycles. The number of phenolic OH excluding ortho intramolecular Hbond substituents is 1. The van der Waals surface area contributed by atoms with Crippen LogP contribution in [0.2, 0.25) is 0 Å². The van der Waals surface area contributed by atoms with E-state index in [0.29, 0.717) is 53.0 Å². The van der Waals surface area contributed by atoms with Crippen molar-refractivity contribution in [1.82, 2.24) is 69.0 Å². The molecule has 0 bridgehead atoms. The molecule has 1 aliphatic carbocycles. The number of para-hydroxylation sites is 2. The Labute approximate surface area is 576 Å². The van der Waals surface area contributed by atoms with Crippen LogP contribution in [-0.4, -0.2) is 171 Å². The number of anilines is 1. The smallest absolute Gasteiger partial charge is 0.263 e. The van der Waals surface area contributed by atoms with Crippen LogP contribution in [0.3, 0.4) is 0 Å². The number of H-pyrrole nitrogens is 2. The molecule has 2 aliphatic heterocycles. The number of benzene rings is 3. The highest BCUT2D eigenvalue weighted by atomic mass is 127. The van der Waals surface area contributed by atoms with Gasteiger partial charge in [-0.2, -0.15) is 0 Å². The molecule has 510 valence electrons. The lowest BCUT2D eigenvalue weighted by Crippen LogP contribution is -2.61.